The number of hydrogen-bond acceptors (Lipinski definition) is 3. The Kier molecular flexibility index (Phi) is 3.32. The molecule has 1 heterocycles. The van der Waals surface area contributed by atoms with E-state index in [0.29, 0.717) is 6.20 Å². The molecule has 0 aliphatic heterocycles. The SMILES string of the molecule is NCc1ncc(C(F)F)c(C(F)(F)F)c1N. The van der Waals surface area contributed by atoms with E-state index in [2.05, 4.69) is 4.98 Å². The van der Waals surface area contributed by atoms with Gasteiger partial charge in [-0.3, -0.25) is 4.98 Å². The summed E-state index contributed by atoms with van der Waals surface area (Å²) >= 11 is 0. The van der Waals surface area contributed by atoms with Gasteiger partial charge in [0.1, 0.15) is 0 Å². The molecule has 8 heteroatoms. The number of hydrogen-bond donors (Lipinski definition) is 2. The van der Waals surface area contributed by atoms with Crippen LogP contribution in [-0.2, 0) is 12.7 Å². The van der Waals surface area contributed by atoms with E-state index in [-0.39, 0.29) is 12.2 Å². The van der Waals surface area contributed by atoms with Gasteiger partial charge in [-0.2, -0.15) is 13.2 Å². The highest BCUT2D eigenvalue weighted by molar-refractivity contribution is 5.55. The molecule has 0 unspecified atom stereocenters. The molecule has 16 heavy (non-hydrogen) atoms. The van der Waals surface area contributed by atoms with Crippen LogP contribution in [-0.4, -0.2) is 4.98 Å². The lowest BCUT2D eigenvalue weighted by Crippen LogP contribution is -2.17. The second-order valence-corrected chi connectivity index (χ2v) is 2.95. The lowest BCUT2D eigenvalue weighted by Gasteiger charge is -2.16. The van der Waals surface area contributed by atoms with Crippen molar-refractivity contribution >= 4 is 5.69 Å². The van der Waals surface area contributed by atoms with Crippen molar-refractivity contribution in [2.45, 2.75) is 19.1 Å². The molecule has 90 valence electrons. The van der Waals surface area contributed by atoms with Crippen LogP contribution in [0.15, 0.2) is 6.20 Å². The molecule has 0 radical (unpaired) electrons. The molecule has 0 saturated carbocycles. The van der Waals surface area contributed by atoms with Crippen molar-refractivity contribution in [3.8, 4) is 0 Å². The molecule has 0 aliphatic rings. The average molecular weight is 241 g/mol. The minimum absolute atomic E-state index is 0.253. The third-order valence-electron chi connectivity index (χ3n) is 1.94. The highest BCUT2D eigenvalue weighted by Gasteiger charge is 2.39. The standard InChI is InChI=1S/C8H8F5N3/c9-7(10)3-2-16-4(1-14)6(15)5(3)8(11,12)13/h2,7H,1,14-15H2. The predicted molar refractivity (Wildman–Crippen MR) is 46.5 cm³/mol. The second kappa shape index (κ2) is 4.20. The Balaban J connectivity index is 3.50. The van der Waals surface area contributed by atoms with E-state index in [1.54, 1.807) is 0 Å². The lowest BCUT2D eigenvalue weighted by molar-refractivity contribution is -0.138. The van der Waals surface area contributed by atoms with Gasteiger partial charge in [-0.25, -0.2) is 8.78 Å². The molecule has 0 saturated heterocycles. The first-order valence-electron chi connectivity index (χ1n) is 4.11. The predicted octanol–water partition coefficient (Wildman–Crippen LogP) is 2.08. The maximum Gasteiger partial charge on any atom is 0.418 e. The topological polar surface area (TPSA) is 64.9 Å². The van der Waals surface area contributed by atoms with Crippen LogP contribution < -0.4 is 11.5 Å². The van der Waals surface area contributed by atoms with E-state index in [0.717, 1.165) is 0 Å². The van der Waals surface area contributed by atoms with Crippen LogP contribution >= 0.6 is 0 Å². The maximum absolute atomic E-state index is 12.5. The van der Waals surface area contributed by atoms with E-state index < -0.39 is 29.4 Å². The van der Waals surface area contributed by atoms with Gasteiger partial charge in [-0.05, 0) is 0 Å². The molecular weight excluding hydrogens is 233 g/mol. The number of nitrogens with zero attached hydrogens (tertiary/aromatic N) is 1. The Bertz CT molecular complexity index is 388. The molecule has 0 fully saturated rings. The minimum atomic E-state index is -4.96. The first kappa shape index (κ1) is 12.6. The summed E-state index contributed by atoms with van der Waals surface area (Å²) in [7, 11) is 0. The number of alkyl halides is 5. The average Bonchev–Trinajstić information content (AvgIpc) is 2.14. The molecule has 1 aromatic rings. The van der Waals surface area contributed by atoms with Gasteiger partial charge >= 0.3 is 6.18 Å². The zero-order valence-electron chi connectivity index (χ0n) is 7.85. The molecule has 1 rings (SSSR count). The van der Waals surface area contributed by atoms with Crippen molar-refractivity contribution < 1.29 is 22.0 Å². The maximum atomic E-state index is 12.5. The molecule has 0 aromatic carbocycles. The van der Waals surface area contributed by atoms with Crippen molar-refractivity contribution in [3.05, 3.63) is 23.0 Å². The van der Waals surface area contributed by atoms with Crippen molar-refractivity contribution in [1.29, 1.82) is 0 Å². The monoisotopic (exact) mass is 241 g/mol. The van der Waals surface area contributed by atoms with Gasteiger partial charge in [0.25, 0.3) is 6.43 Å². The summed E-state index contributed by atoms with van der Waals surface area (Å²) in [5, 5.41) is 0. The fraction of sp³-hybridized carbons (Fsp3) is 0.375. The number of anilines is 1. The van der Waals surface area contributed by atoms with E-state index >= 15 is 0 Å². The zero-order chi connectivity index (χ0) is 12.5. The van der Waals surface area contributed by atoms with Gasteiger partial charge in [-0.15, -0.1) is 0 Å². The molecule has 0 bridgehead atoms. The van der Waals surface area contributed by atoms with E-state index in [1.807, 2.05) is 0 Å². The molecular formula is C8H8F5N3. The molecule has 3 nitrogen and oxygen atoms in total. The number of pyridine rings is 1. The molecule has 1 aromatic heterocycles. The molecule has 4 N–H and O–H groups in total. The smallest absolute Gasteiger partial charge is 0.397 e. The number of nitrogens with two attached hydrogens (primary N) is 2. The van der Waals surface area contributed by atoms with Crippen molar-refractivity contribution in [2.75, 3.05) is 5.73 Å². The van der Waals surface area contributed by atoms with Crippen LogP contribution in [0.3, 0.4) is 0 Å². The Labute approximate surface area is 87.3 Å². The van der Waals surface area contributed by atoms with E-state index in [1.165, 1.54) is 0 Å². The minimum Gasteiger partial charge on any atom is -0.397 e. The summed E-state index contributed by atoms with van der Waals surface area (Å²) in [6.07, 6.45) is -7.80. The van der Waals surface area contributed by atoms with Crippen molar-refractivity contribution in [3.63, 3.8) is 0 Å². The summed E-state index contributed by atoms with van der Waals surface area (Å²) < 4.78 is 62.2. The fourth-order valence-electron chi connectivity index (χ4n) is 1.23. The first-order valence-corrected chi connectivity index (χ1v) is 4.11. The van der Waals surface area contributed by atoms with Crippen LogP contribution in [0, 0.1) is 0 Å². The van der Waals surface area contributed by atoms with Gasteiger partial charge in [0.15, 0.2) is 0 Å². The molecule has 0 amide bonds. The summed E-state index contributed by atoms with van der Waals surface area (Å²) in [5.74, 6) is 0. The van der Waals surface area contributed by atoms with Crippen LogP contribution in [0.1, 0.15) is 23.2 Å². The molecule has 0 aliphatic carbocycles. The zero-order valence-corrected chi connectivity index (χ0v) is 7.85. The number of rotatable bonds is 2. The van der Waals surface area contributed by atoms with Crippen LogP contribution in [0.2, 0.25) is 0 Å². The lowest BCUT2D eigenvalue weighted by atomic mass is 10.1. The van der Waals surface area contributed by atoms with Crippen LogP contribution in [0.4, 0.5) is 27.6 Å². The van der Waals surface area contributed by atoms with E-state index in [9.17, 15) is 22.0 Å². The number of halogens is 5. The van der Waals surface area contributed by atoms with Gasteiger partial charge in [0, 0.05) is 12.7 Å². The molecule has 0 spiro atoms. The van der Waals surface area contributed by atoms with Crippen molar-refractivity contribution in [1.82, 2.24) is 4.98 Å². The fourth-order valence-corrected chi connectivity index (χ4v) is 1.23. The largest absolute Gasteiger partial charge is 0.418 e. The number of nitrogen functional groups attached to an aromatic ring is 1. The van der Waals surface area contributed by atoms with Gasteiger partial charge in [-0.1, -0.05) is 0 Å². The number of aromatic nitrogens is 1. The molecule has 0 atom stereocenters. The quantitative estimate of drug-likeness (QED) is 0.779. The summed E-state index contributed by atoms with van der Waals surface area (Å²) in [4.78, 5) is 3.36. The second-order valence-electron chi connectivity index (χ2n) is 2.95. The Hall–Kier alpha value is -1.44. The summed E-state index contributed by atoms with van der Waals surface area (Å²) in [5.41, 5.74) is 6.33. The van der Waals surface area contributed by atoms with Gasteiger partial charge < -0.3 is 11.5 Å². The van der Waals surface area contributed by atoms with Crippen LogP contribution in [0.25, 0.3) is 0 Å². The Morgan fingerprint density at radius 3 is 2.25 bits per heavy atom. The highest BCUT2D eigenvalue weighted by Crippen LogP contribution is 2.40. The van der Waals surface area contributed by atoms with E-state index in [4.69, 9.17) is 11.5 Å². The highest BCUT2D eigenvalue weighted by atomic mass is 19.4. The third kappa shape index (κ3) is 2.21. The Morgan fingerprint density at radius 1 is 1.31 bits per heavy atom. The Morgan fingerprint density at radius 2 is 1.88 bits per heavy atom. The van der Waals surface area contributed by atoms with Crippen molar-refractivity contribution in [2.24, 2.45) is 5.73 Å². The van der Waals surface area contributed by atoms with Gasteiger partial charge in [0.05, 0.1) is 22.5 Å². The summed E-state index contributed by atoms with van der Waals surface area (Å²) in [6.45, 7) is -0.349. The third-order valence-corrected chi connectivity index (χ3v) is 1.94. The normalized spacial score (nSPS) is 12.2. The van der Waals surface area contributed by atoms with Gasteiger partial charge in [0.2, 0.25) is 0 Å². The summed E-state index contributed by atoms with van der Waals surface area (Å²) in [6, 6.07) is 0. The van der Waals surface area contributed by atoms with Crippen LogP contribution in [0.5, 0.6) is 0 Å². The first-order chi connectivity index (χ1) is 7.29.